The van der Waals surface area contributed by atoms with E-state index >= 15 is 0 Å². The molecule has 1 aromatic heterocycles. The van der Waals surface area contributed by atoms with Crippen molar-refractivity contribution < 1.29 is 9.47 Å². The highest BCUT2D eigenvalue weighted by molar-refractivity contribution is 7.80. The first-order chi connectivity index (χ1) is 13.9. The first-order valence-corrected chi connectivity index (χ1v) is 9.72. The van der Waals surface area contributed by atoms with Crippen molar-refractivity contribution in [1.82, 2.24) is 10.3 Å². The molecule has 0 unspecified atom stereocenters. The Labute approximate surface area is 175 Å². The Morgan fingerprint density at radius 1 is 1.07 bits per heavy atom. The zero-order chi connectivity index (χ0) is 21.0. The van der Waals surface area contributed by atoms with Crippen molar-refractivity contribution in [2.45, 2.75) is 20.3 Å². The largest absolute Gasteiger partial charge is 0.497 e. The van der Waals surface area contributed by atoms with Crippen LogP contribution in [0.2, 0.25) is 0 Å². The van der Waals surface area contributed by atoms with Crippen molar-refractivity contribution in [3.8, 4) is 11.5 Å². The maximum atomic E-state index is 12.4. The van der Waals surface area contributed by atoms with Gasteiger partial charge >= 0.3 is 0 Å². The second-order valence-corrected chi connectivity index (χ2v) is 7.22. The standard InChI is InChI=1S/C22H25N3O3S/c1-13-5-6-14(2)20-17(13)11-15(21(26)25-20)9-10-23-22(29)24-18-8-7-16(27-3)12-19(18)28-4/h5-8,11-12H,9-10H2,1-4H3,(H,25,26)(H2,23,24,29). The second kappa shape index (κ2) is 8.96. The topological polar surface area (TPSA) is 75.4 Å². The van der Waals surface area contributed by atoms with Gasteiger partial charge in [0.1, 0.15) is 11.5 Å². The van der Waals surface area contributed by atoms with Gasteiger partial charge in [0.25, 0.3) is 5.56 Å². The maximum absolute atomic E-state index is 12.4. The highest BCUT2D eigenvalue weighted by Crippen LogP contribution is 2.28. The van der Waals surface area contributed by atoms with Gasteiger partial charge in [-0.05, 0) is 61.8 Å². The van der Waals surface area contributed by atoms with Crippen LogP contribution in [0.4, 0.5) is 5.69 Å². The van der Waals surface area contributed by atoms with Gasteiger partial charge in [-0.1, -0.05) is 12.1 Å². The second-order valence-electron chi connectivity index (χ2n) is 6.81. The maximum Gasteiger partial charge on any atom is 0.251 e. The van der Waals surface area contributed by atoms with Gasteiger partial charge in [0.2, 0.25) is 0 Å². The van der Waals surface area contributed by atoms with Crippen molar-refractivity contribution in [1.29, 1.82) is 0 Å². The van der Waals surface area contributed by atoms with Crippen molar-refractivity contribution in [3.05, 3.63) is 63.4 Å². The number of nitrogens with one attached hydrogen (secondary N) is 3. The van der Waals surface area contributed by atoms with Gasteiger partial charge in [-0.2, -0.15) is 0 Å². The molecule has 0 fully saturated rings. The molecular formula is C22H25N3O3S. The smallest absolute Gasteiger partial charge is 0.251 e. The monoisotopic (exact) mass is 411 g/mol. The Bertz CT molecular complexity index is 1110. The number of H-pyrrole nitrogens is 1. The van der Waals surface area contributed by atoms with Crippen molar-refractivity contribution >= 4 is 33.9 Å². The van der Waals surface area contributed by atoms with Crippen LogP contribution in [-0.2, 0) is 6.42 Å². The van der Waals surface area contributed by atoms with Crippen LogP contribution < -0.4 is 25.7 Å². The normalized spacial score (nSPS) is 10.6. The molecule has 0 radical (unpaired) electrons. The lowest BCUT2D eigenvalue weighted by atomic mass is 10.0. The van der Waals surface area contributed by atoms with Gasteiger partial charge in [0, 0.05) is 23.6 Å². The summed E-state index contributed by atoms with van der Waals surface area (Å²) in [7, 11) is 3.19. The van der Waals surface area contributed by atoms with Crippen molar-refractivity contribution in [3.63, 3.8) is 0 Å². The van der Waals surface area contributed by atoms with E-state index in [1.54, 1.807) is 20.3 Å². The molecule has 0 spiro atoms. The lowest BCUT2D eigenvalue weighted by molar-refractivity contribution is 0.395. The molecule has 0 atom stereocenters. The van der Waals surface area contributed by atoms with Crippen LogP contribution in [0.1, 0.15) is 16.7 Å². The number of fused-ring (bicyclic) bond motifs is 1. The van der Waals surface area contributed by atoms with Gasteiger partial charge in [-0.25, -0.2) is 0 Å². The molecule has 0 saturated heterocycles. The third kappa shape index (κ3) is 4.68. The van der Waals surface area contributed by atoms with Crippen LogP contribution in [0.3, 0.4) is 0 Å². The summed E-state index contributed by atoms with van der Waals surface area (Å²) in [6.07, 6.45) is 0.556. The molecule has 0 aliphatic heterocycles. The molecule has 6 nitrogen and oxygen atoms in total. The fraction of sp³-hybridized carbons (Fsp3) is 0.273. The van der Waals surface area contributed by atoms with Gasteiger partial charge in [-0.3, -0.25) is 4.79 Å². The zero-order valence-electron chi connectivity index (χ0n) is 17.0. The Kier molecular flexibility index (Phi) is 6.39. The summed E-state index contributed by atoms with van der Waals surface area (Å²) in [6, 6.07) is 11.5. The van der Waals surface area contributed by atoms with Crippen LogP contribution >= 0.6 is 12.2 Å². The first kappa shape index (κ1) is 20.7. The predicted molar refractivity (Wildman–Crippen MR) is 122 cm³/mol. The Balaban J connectivity index is 1.66. The fourth-order valence-electron chi connectivity index (χ4n) is 3.18. The van der Waals surface area contributed by atoms with E-state index in [9.17, 15) is 4.79 Å². The molecule has 7 heteroatoms. The predicted octanol–water partition coefficient (Wildman–Crippen LogP) is 3.69. The molecule has 3 N–H and O–H groups in total. The molecule has 152 valence electrons. The number of aromatic nitrogens is 1. The van der Waals surface area contributed by atoms with Crippen LogP contribution in [0.15, 0.2) is 41.2 Å². The van der Waals surface area contributed by atoms with E-state index in [-0.39, 0.29) is 5.56 Å². The van der Waals surface area contributed by atoms with Crippen molar-refractivity contribution in [2.24, 2.45) is 0 Å². The van der Waals surface area contributed by atoms with Gasteiger partial charge in [-0.15, -0.1) is 0 Å². The molecule has 0 amide bonds. The Morgan fingerprint density at radius 3 is 2.55 bits per heavy atom. The third-order valence-electron chi connectivity index (χ3n) is 4.86. The highest BCUT2D eigenvalue weighted by atomic mass is 32.1. The van der Waals surface area contributed by atoms with Crippen LogP contribution in [-0.4, -0.2) is 30.9 Å². The number of hydrogen-bond acceptors (Lipinski definition) is 4. The van der Waals surface area contributed by atoms with Crippen molar-refractivity contribution in [2.75, 3.05) is 26.1 Å². The Hall–Kier alpha value is -3.06. The number of hydrogen-bond donors (Lipinski definition) is 3. The van der Waals surface area contributed by atoms with Crippen LogP contribution in [0.25, 0.3) is 10.9 Å². The number of aryl methyl sites for hydroxylation is 2. The molecule has 0 bridgehead atoms. The zero-order valence-corrected chi connectivity index (χ0v) is 17.8. The van der Waals surface area contributed by atoms with Crippen LogP contribution in [0.5, 0.6) is 11.5 Å². The fourth-order valence-corrected chi connectivity index (χ4v) is 3.39. The molecular weight excluding hydrogens is 386 g/mol. The summed E-state index contributed by atoms with van der Waals surface area (Å²) in [5.41, 5.74) is 4.49. The number of ether oxygens (including phenoxy) is 2. The number of benzene rings is 2. The summed E-state index contributed by atoms with van der Waals surface area (Å²) < 4.78 is 10.6. The molecule has 2 aromatic carbocycles. The first-order valence-electron chi connectivity index (χ1n) is 9.32. The highest BCUT2D eigenvalue weighted by Gasteiger charge is 2.09. The number of methoxy groups -OCH3 is 2. The minimum atomic E-state index is -0.0660. The average Bonchev–Trinajstić information content (AvgIpc) is 2.72. The van der Waals surface area contributed by atoms with Gasteiger partial charge < -0.3 is 25.1 Å². The quantitative estimate of drug-likeness (QED) is 0.537. The molecule has 1 heterocycles. The molecule has 3 aromatic rings. The summed E-state index contributed by atoms with van der Waals surface area (Å²) in [4.78, 5) is 15.5. The van der Waals surface area contributed by atoms with E-state index in [1.165, 1.54) is 0 Å². The number of anilines is 1. The number of pyridine rings is 1. The molecule has 0 aliphatic carbocycles. The minimum absolute atomic E-state index is 0.0660. The Morgan fingerprint density at radius 2 is 1.83 bits per heavy atom. The van der Waals surface area contributed by atoms with Gasteiger partial charge in [0.15, 0.2) is 5.11 Å². The third-order valence-corrected chi connectivity index (χ3v) is 5.10. The van der Waals surface area contributed by atoms with E-state index in [4.69, 9.17) is 21.7 Å². The molecule has 29 heavy (non-hydrogen) atoms. The molecule has 0 saturated carbocycles. The van der Waals surface area contributed by atoms with E-state index in [1.807, 2.05) is 38.1 Å². The van der Waals surface area contributed by atoms with E-state index < -0.39 is 0 Å². The number of thiocarbonyl (C=S) groups is 1. The average molecular weight is 412 g/mol. The number of aromatic amines is 1. The summed E-state index contributed by atoms with van der Waals surface area (Å²) >= 11 is 5.37. The summed E-state index contributed by atoms with van der Waals surface area (Å²) in [5.74, 6) is 1.33. The summed E-state index contributed by atoms with van der Waals surface area (Å²) in [6.45, 7) is 4.57. The molecule has 3 rings (SSSR count). The van der Waals surface area contributed by atoms with Gasteiger partial charge in [0.05, 0.1) is 25.4 Å². The SMILES string of the molecule is COc1ccc(NC(=S)NCCc2cc3c(C)ccc(C)c3[nH]c2=O)c(OC)c1. The number of rotatable bonds is 6. The summed E-state index contributed by atoms with van der Waals surface area (Å²) in [5, 5.41) is 7.78. The molecule has 0 aliphatic rings. The van der Waals surface area contributed by atoms with E-state index in [0.29, 0.717) is 29.6 Å². The van der Waals surface area contributed by atoms with E-state index in [2.05, 4.69) is 21.7 Å². The lowest BCUT2D eigenvalue weighted by Gasteiger charge is -2.14. The van der Waals surface area contributed by atoms with Crippen LogP contribution in [0, 0.1) is 13.8 Å². The lowest BCUT2D eigenvalue weighted by Crippen LogP contribution is -2.31. The van der Waals surface area contributed by atoms with E-state index in [0.717, 1.165) is 33.3 Å². The minimum Gasteiger partial charge on any atom is -0.497 e.